The molecule has 0 heterocycles. The van der Waals surface area contributed by atoms with Crippen LogP contribution in [0.15, 0.2) is 78.0 Å². The van der Waals surface area contributed by atoms with Crippen LogP contribution >= 0.6 is 0 Å². The largest absolute Gasteiger partial charge is 0.463 e. The number of rotatable bonds is 8. The zero-order valence-corrected chi connectivity index (χ0v) is 13.5. The van der Waals surface area contributed by atoms with Crippen molar-refractivity contribution in [3.8, 4) is 0 Å². The topological polar surface area (TPSA) is 51.0 Å². The molecule has 24 heavy (non-hydrogen) atoms. The van der Waals surface area contributed by atoms with Gasteiger partial charge in [0, 0.05) is 6.08 Å². The third-order valence-electron chi connectivity index (χ3n) is 3.37. The van der Waals surface area contributed by atoms with E-state index in [2.05, 4.69) is 23.4 Å². The predicted octanol–water partition coefficient (Wildman–Crippen LogP) is 5.41. The first-order chi connectivity index (χ1) is 11.7. The van der Waals surface area contributed by atoms with E-state index in [1.54, 1.807) is 6.08 Å². The summed E-state index contributed by atoms with van der Waals surface area (Å²) < 4.78 is 4.94. The molecule has 0 saturated carbocycles. The van der Waals surface area contributed by atoms with Crippen molar-refractivity contribution in [2.45, 2.75) is 12.8 Å². The average molecular weight is 320 g/mol. The van der Waals surface area contributed by atoms with Gasteiger partial charge in [-0.3, -0.25) is 0 Å². The van der Waals surface area contributed by atoms with Crippen molar-refractivity contribution in [3.63, 3.8) is 0 Å². The number of aryl methyl sites for hydroxylation is 1. The van der Waals surface area contributed by atoms with Crippen molar-refractivity contribution < 1.29 is 9.53 Å². The van der Waals surface area contributed by atoms with Crippen LogP contribution in [-0.2, 0) is 16.0 Å². The van der Waals surface area contributed by atoms with Gasteiger partial charge in [0.1, 0.15) is 0 Å². The molecule has 0 spiro atoms. The number of nitrogens with zero attached hydrogens (tertiary/aromatic N) is 2. The van der Waals surface area contributed by atoms with E-state index in [9.17, 15) is 4.79 Å². The summed E-state index contributed by atoms with van der Waals surface area (Å²) >= 11 is 0. The van der Waals surface area contributed by atoms with Gasteiger partial charge in [0.2, 0.25) is 0 Å². The summed E-state index contributed by atoms with van der Waals surface area (Å²) in [6.07, 6.45) is 4.57. The van der Waals surface area contributed by atoms with Gasteiger partial charge in [0.25, 0.3) is 0 Å². The molecule has 0 unspecified atom stereocenters. The minimum Gasteiger partial charge on any atom is -0.463 e. The molecule has 2 rings (SSSR count). The number of ether oxygens (including phenoxy) is 1. The van der Waals surface area contributed by atoms with E-state index >= 15 is 0 Å². The SMILES string of the molecule is C=CC(=O)OCCCc1ccc(N=Nc2ccc(C=C)cc2)cc1. The van der Waals surface area contributed by atoms with E-state index in [-0.39, 0.29) is 5.97 Å². The second kappa shape index (κ2) is 9.20. The summed E-state index contributed by atoms with van der Waals surface area (Å²) in [5.74, 6) is -0.383. The van der Waals surface area contributed by atoms with Crippen LogP contribution in [0.4, 0.5) is 11.4 Å². The molecule has 0 atom stereocenters. The molecule has 0 fully saturated rings. The maximum Gasteiger partial charge on any atom is 0.330 e. The third kappa shape index (κ3) is 5.65. The summed E-state index contributed by atoms with van der Waals surface area (Å²) in [6, 6.07) is 15.6. The molecule has 0 amide bonds. The Morgan fingerprint density at radius 3 is 2.08 bits per heavy atom. The molecule has 4 nitrogen and oxygen atoms in total. The molecule has 0 aliphatic rings. The standard InChI is InChI=1S/C20H20N2O2/c1-3-16-7-11-18(12-8-16)21-22-19-13-9-17(10-14-19)6-5-15-24-20(23)4-2/h3-4,7-14H,1-2,5-6,15H2. The molecule has 0 radical (unpaired) electrons. The first-order valence-corrected chi connectivity index (χ1v) is 7.73. The molecule has 0 bridgehead atoms. The van der Waals surface area contributed by atoms with Crippen LogP contribution in [0.1, 0.15) is 17.5 Å². The predicted molar refractivity (Wildman–Crippen MR) is 96.6 cm³/mol. The van der Waals surface area contributed by atoms with Crippen molar-refractivity contribution in [3.05, 3.63) is 78.9 Å². The maximum absolute atomic E-state index is 10.9. The Hall–Kier alpha value is -3.01. The Labute approximate surface area is 142 Å². The van der Waals surface area contributed by atoms with Crippen molar-refractivity contribution in [2.24, 2.45) is 10.2 Å². The van der Waals surface area contributed by atoms with Crippen LogP contribution in [0.25, 0.3) is 6.08 Å². The van der Waals surface area contributed by atoms with E-state index in [4.69, 9.17) is 4.74 Å². The van der Waals surface area contributed by atoms with Gasteiger partial charge >= 0.3 is 5.97 Å². The highest BCUT2D eigenvalue weighted by atomic mass is 16.5. The Morgan fingerprint density at radius 1 is 0.958 bits per heavy atom. The zero-order chi connectivity index (χ0) is 17.2. The zero-order valence-electron chi connectivity index (χ0n) is 13.5. The van der Waals surface area contributed by atoms with Crippen LogP contribution in [0, 0.1) is 0 Å². The average Bonchev–Trinajstić information content (AvgIpc) is 2.64. The van der Waals surface area contributed by atoms with Crippen LogP contribution in [0.5, 0.6) is 0 Å². The number of carbonyl (C=O) groups excluding carboxylic acids is 1. The lowest BCUT2D eigenvalue weighted by Crippen LogP contribution is -2.02. The van der Waals surface area contributed by atoms with Gasteiger partial charge in [-0.25, -0.2) is 4.79 Å². The molecule has 0 saturated heterocycles. The number of azo groups is 1. The molecule has 4 heteroatoms. The fraction of sp³-hybridized carbons (Fsp3) is 0.150. The normalized spacial score (nSPS) is 10.5. The molecule has 0 aromatic heterocycles. The Bertz CT molecular complexity index is 716. The number of esters is 1. The summed E-state index contributed by atoms with van der Waals surface area (Å²) in [4.78, 5) is 10.9. The Kier molecular flexibility index (Phi) is 6.65. The molecule has 0 N–H and O–H groups in total. The Morgan fingerprint density at radius 2 is 1.54 bits per heavy atom. The quantitative estimate of drug-likeness (QED) is 0.283. The first-order valence-electron chi connectivity index (χ1n) is 7.73. The van der Waals surface area contributed by atoms with Gasteiger partial charge in [0.05, 0.1) is 18.0 Å². The first kappa shape index (κ1) is 17.3. The van der Waals surface area contributed by atoms with Gasteiger partial charge in [-0.2, -0.15) is 10.2 Å². The second-order valence-electron chi connectivity index (χ2n) is 5.14. The smallest absolute Gasteiger partial charge is 0.330 e. The highest BCUT2D eigenvalue weighted by Gasteiger charge is 1.98. The fourth-order valence-corrected chi connectivity index (χ4v) is 2.03. The molecule has 0 aliphatic carbocycles. The van der Waals surface area contributed by atoms with Crippen molar-refractivity contribution in [1.82, 2.24) is 0 Å². The van der Waals surface area contributed by atoms with E-state index in [1.165, 1.54) is 11.6 Å². The van der Waals surface area contributed by atoms with Crippen molar-refractivity contribution in [1.29, 1.82) is 0 Å². The molecule has 122 valence electrons. The van der Waals surface area contributed by atoms with E-state index < -0.39 is 0 Å². The van der Waals surface area contributed by atoms with Gasteiger partial charge in [-0.15, -0.1) is 0 Å². The van der Waals surface area contributed by atoms with Crippen molar-refractivity contribution in [2.75, 3.05) is 6.61 Å². The molecule has 2 aromatic carbocycles. The minimum atomic E-state index is -0.383. The lowest BCUT2D eigenvalue weighted by molar-refractivity contribution is -0.137. The van der Waals surface area contributed by atoms with Crippen LogP contribution in [0.3, 0.4) is 0 Å². The maximum atomic E-state index is 10.9. The fourth-order valence-electron chi connectivity index (χ4n) is 2.03. The van der Waals surface area contributed by atoms with E-state index in [0.717, 1.165) is 29.8 Å². The van der Waals surface area contributed by atoms with Gasteiger partial charge in [0.15, 0.2) is 0 Å². The molecular weight excluding hydrogens is 300 g/mol. The highest BCUT2D eigenvalue weighted by molar-refractivity contribution is 5.81. The highest BCUT2D eigenvalue weighted by Crippen LogP contribution is 2.19. The summed E-state index contributed by atoms with van der Waals surface area (Å²) in [6.45, 7) is 7.47. The monoisotopic (exact) mass is 320 g/mol. The van der Waals surface area contributed by atoms with Crippen LogP contribution < -0.4 is 0 Å². The summed E-state index contributed by atoms with van der Waals surface area (Å²) in [7, 11) is 0. The van der Waals surface area contributed by atoms with Gasteiger partial charge in [-0.05, 0) is 48.2 Å². The van der Waals surface area contributed by atoms with E-state index in [0.29, 0.717) is 6.61 Å². The number of carbonyl (C=O) groups is 1. The number of hydrogen-bond donors (Lipinski definition) is 0. The van der Waals surface area contributed by atoms with Crippen LogP contribution in [-0.4, -0.2) is 12.6 Å². The molecular formula is C20H20N2O2. The lowest BCUT2D eigenvalue weighted by Gasteiger charge is -2.03. The molecule has 2 aromatic rings. The molecule has 0 aliphatic heterocycles. The van der Waals surface area contributed by atoms with Gasteiger partial charge in [-0.1, -0.05) is 43.5 Å². The van der Waals surface area contributed by atoms with Gasteiger partial charge < -0.3 is 4.74 Å². The minimum absolute atomic E-state index is 0.383. The van der Waals surface area contributed by atoms with Crippen molar-refractivity contribution >= 4 is 23.4 Å². The van der Waals surface area contributed by atoms with E-state index in [1.807, 2.05) is 48.5 Å². The second-order valence-corrected chi connectivity index (χ2v) is 5.14. The summed E-state index contributed by atoms with van der Waals surface area (Å²) in [5.41, 5.74) is 3.81. The summed E-state index contributed by atoms with van der Waals surface area (Å²) in [5, 5.41) is 8.43. The number of hydrogen-bond acceptors (Lipinski definition) is 4. The van der Waals surface area contributed by atoms with Crippen LogP contribution in [0.2, 0.25) is 0 Å². The lowest BCUT2D eigenvalue weighted by atomic mass is 10.1. The Balaban J connectivity index is 1.84. The number of benzene rings is 2. The third-order valence-corrected chi connectivity index (χ3v) is 3.37.